The molecule has 17 heavy (non-hydrogen) atoms. The molecule has 0 bridgehead atoms. The van der Waals surface area contributed by atoms with Gasteiger partial charge >= 0.3 is 0 Å². The molecule has 88 valence electrons. The quantitative estimate of drug-likeness (QED) is 0.660. The Balaban J connectivity index is 2.28. The highest BCUT2D eigenvalue weighted by atomic mass is 79.9. The van der Waals surface area contributed by atoms with Crippen molar-refractivity contribution >= 4 is 32.5 Å². The van der Waals surface area contributed by atoms with Crippen molar-refractivity contribution in [2.24, 2.45) is 5.84 Å². The molecule has 0 saturated heterocycles. The van der Waals surface area contributed by atoms with Crippen molar-refractivity contribution in [2.75, 3.05) is 5.43 Å². The van der Waals surface area contributed by atoms with E-state index in [-0.39, 0.29) is 5.82 Å². The van der Waals surface area contributed by atoms with Gasteiger partial charge in [0.15, 0.2) is 0 Å². The van der Waals surface area contributed by atoms with Crippen molar-refractivity contribution in [1.29, 1.82) is 0 Å². The molecule has 1 fully saturated rings. The van der Waals surface area contributed by atoms with Crippen LogP contribution in [0.15, 0.2) is 22.7 Å². The Hall–Kier alpha value is -1.20. The molecular formula is C12H11BrFN3. The van der Waals surface area contributed by atoms with E-state index >= 15 is 0 Å². The zero-order chi connectivity index (χ0) is 12.0. The number of hydrogen-bond acceptors (Lipinski definition) is 3. The van der Waals surface area contributed by atoms with E-state index in [1.165, 1.54) is 6.07 Å². The van der Waals surface area contributed by atoms with E-state index < -0.39 is 0 Å². The number of hydrazine groups is 1. The first-order valence-electron chi connectivity index (χ1n) is 5.45. The van der Waals surface area contributed by atoms with Crippen LogP contribution in [0.2, 0.25) is 0 Å². The largest absolute Gasteiger partial charge is 0.323 e. The van der Waals surface area contributed by atoms with Crippen molar-refractivity contribution in [2.45, 2.75) is 18.8 Å². The summed E-state index contributed by atoms with van der Waals surface area (Å²) in [5.74, 6) is 5.71. The maximum atomic E-state index is 13.5. The van der Waals surface area contributed by atoms with Gasteiger partial charge in [-0.2, -0.15) is 0 Å². The average Bonchev–Trinajstić information content (AvgIpc) is 3.13. The second-order valence-corrected chi connectivity index (χ2v) is 5.15. The summed E-state index contributed by atoms with van der Waals surface area (Å²) in [5, 5.41) is 0.824. The number of fused-ring (bicyclic) bond motifs is 1. The van der Waals surface area contributed by atoms with Gasteiger partial charge in [-0.15, -0.1) is 0 Å². The Morgan fingerprint density at radius 1 is 1.35 bits per heavy atom. The summed E-state index contributed by atoms with van der Waals surface area (Å²) < 4.78 is 13.9. The van der Waals surface area contributed by atoms with Crippen LogP contribution in [0.3, 0.4) is 0 Å². The molecule has 0 radical (unpaired) electrons. The van der Waals surface area contributed by atoms with Crippen molar-refractivity contribution < 1.29 is 4.39 Å². The fourth-order valence-electron chi connectivity index (χ4n) is 1.95. The van der Waals surface area contributed by atoms with E-state index in [2.05, 4.69) is 26.3 Å². The van der Waals surface area contributed by atoms with Gasteiger partial charge in [0.25, 0.3) is 0 Å². The maximum Gasteiger partial charge on any atom is 0.139 e. The molecule has 1 aliphatic rings. The first-order chi connectivity index (χ1) is 8.19. The monoisotopic (exact) mass is 295 g/mol. The van der Waals surface area contributed by atoms with Crippen LogP contribution in [0, 0.1) is 5.82 Å². The number of rotatable bonds is 2. The molecule has 5 heteroatoms. The summed E-state index contributed by atoms with van der Waals surface area (Å²) in [6, 6.07) is 5.08. The molecule has 0 amide bonds. The molecule has 0 atom stereocenters. The molecule has 1 aromatic heterocycles. The van der Waals surface area contributed by atoms with Gasteiger partial charge in [0, 0.05) is 23.1 Å². The van der Waals surface area contributed by atoms with E-state index in [0.717, 1.165) is 29.6 Å². The van der Waals surface area contributed by atoms with Gasteiger partial charge in [0.05, 0.1) is 15.7 Å². The maximum absolute atomic E-state index is 13.5. The normalized spacial score (nSPS) is 15.2. The third kappa shape index (κ3) is 1.89. The number of halogens is 2. The molecule has 3 rings (SSSR count). The highest BCUT2D eigenvalue weighted by Gasteiger charge is 2.26. The van der Waals surface area contributed by atoms with Crippen LogP contribution in [-0.2, 0) is 0 Å². The fourth-order valence-corrected chi connectivity index (χ4v) is 2.29. The number of nitrogens with two attached hydrogens (primary N) is 1. The Morgan fingerprint density at radius 3 is 2.76 bits per heavy atom. The zero-order valence-corrected chi connectivity index (χ0v) is 10.6. The second-order valence-electron chi connectivity index (χ2n) is 4.30. The molecule has 1 aromatic carbocycles. The highest BCUT2D eigenvalue weighted by Crippen LogP contribution is 2.41. The van der Waals surface area contributed by atoms with Crippen molar-refractivity contribution in [1.82, 2.24) is 4.98 Å². The van der Waals surface area contributed by atoms with Gasteiger partial charge in [-0.25, -0.2) is 4.39 Å². The average molecular weight is 296 g/mol. The van der Waals surface area contributed by atoms with Crippen LogP contribution in [0.4, 0.5) is 10.1 Å². The summed E-state index contributed by atoms with van der Waals surface area (Å²) in [6.45, 7) is 0. The van der Waals surface area contributed by atoms with Crippen LogP contribution in [0.5, 0.6) is 0 Å². The molecule has 1 aliphatic carbocycles. The van der Waals surface area contributed by atoms with Crippen molar-refractivity contribution in [3.63, 3.8) is 0 Å². The minimum Gasteiger partial charge on any atom is -0.323 e. The lowest BCUT2D eigenvalue weighted by Crippen LogP contribution is -2.08. The lowest BCUT2D eigenvalue weighted by Gasteiger charge is -2.09. The van der Waals surface area contributed by atoms with E-state index in [1.54, 1.807) is 6.07 Å². The van der Waals surface area contributed by atoms with Crippen LogP contribution in [0.25, 0.3) is 10.9 Å². The predicted octanol–water partition coefficient (Wildman–Crippen LogP) is 3.30. The minimum atomic E-state index is -0.305. The molecular weight excluding hydrogens is 285 g/mol. The summed E-state index contributed by atoms with van der Waals surface area (Å²) in [7, 11) is 0. The smallest absolute Gasteiger partial charge is 0.139 e. The first-order valence-corrected chi connectivity index (χ1v) is 6.24. The van der Waals surface area contributed by atoms with Gasteiger partial charge in [-0.1, -0.05) is 0 Å². The first kappa shape index (κ1) is 10.9. The van der Waals surface area contributed by atoms with Gasteiger partial charge in [0.1, 0.15) is 5.82 Å². The molecule has 3 N–H and O–H groups in total. The number of nitrogens with one attached hydrogen (secondary N) is 1. The number of pyridine rings is 1. The SMILES string of the molecule is NNc1cc(C2CC2)nc2cc(F)c(Br)cc12. The van der Waals surface area contributed by atoms with Crippen LogP contribution in [0.1, 0.15) is 24.5 Å². The second kappa shape index (κ2) is 3.92. The minimum absolute atomic E-state index is 0.305. The molecule has 1 saturated carbocycles. The van der Waals surface area contributed by atoms with E-state index in [4.69, 9.17) is 5.84 Å². The zero-order valence-electron chi connectivity index (χ0n) is 9.00. The standard InChI is InChI=1S/C12H11BrFN3/c13-8-3-7-11(4-9(8)14)16-10(6-1-2-6)5-12(7)17-15/h3-6H,1-2,15H2,(H,16,17). The Kier molecular flexibility index (Phi) is 2.52. The third-order valence-electron chi connectivity index (χ3n) is 3.02. The van der Waals surface area contributed by atoms with Gasteiger partial charge < -0.3 is 5.43 Å². The van der Waals surface area contributed by atoms with Crippen LogP contribution >= 0.6 is 15.9 Å². The summed E-state index contributed by atoms with van der Waals surface area (Å²) in [4.78, 5) is 4.49. The van der Waals surface area contributed by atoms with E-state index in [0.29, 0.717) is 15.9 Å². The summed E-state index contributed by atoms with van der Waals surface area (Å²) >= 11 is 3.17. The Bertz CT molecular complexity index is 596. The number of hydrogen-bond donors (Lipinski definition) is 2. The molecule has 0 spiro atoms. The number of nitrogen functional groups attached to an aromatic ring is 1. The lowest BCUT2D eigenvalue weighted by atomic mass is 10.1. The van der Waals surface area contributed by atoms with Crippen molar-refractivity contribution in [3.8, 4) is 0 Å². The third-order valence-corrected chi connectivity index (χ3v) is 3.63. The van der Waals surface area contributed by atoms with Gasteiger partial charge in [-0.05, 0) is 40.9 Å². The molecule has 3 nitrogen and oxygen atoms in total. The summed E-state index contributed by atoms with van der Waals surface area (Å²) in [5.41, 5.74) is 5.08. The number of nitrogens with zero attached hydrogens (tertiary/aromatic N) is 1. The number of anilines is 1. The topological polar surface area (TPSA) is 50.9 Å². The lowest BCUT2D eigenvalue weighted by molar-refractivity contribution is 0.622. The molecule has 0 aliphatic heterocycles. The highest BCUT2D eigenvalue weighted by molar-refractivity contribution is 9.10. The van der Waals surface area contributed by atoms with Gasteiger partial charge in [-0.3, -0.25) is 10.8 Å². The molecule has 2 aromatic rings. The van der Waals surface area contributed by atoms with Crippen LogP contribution in [-0.4, -0.2) is 4.98 Å². The number of aromatic nitrogens is 1. The Morgan fingerprint density at radius 2 is 2.12 bits per heavy atom. The number of benzene rings is 1. The van der Waals surface area contributed by atoms with E-state index in [9.17, 15) is 4.39 Å². The predicted molar refractivity (Wildman–Crippen MR) is 69.2 cm³/mol. The van der Waals surface area contributed by atoms with Gasteiger partial charge in [0.2, 0.25) is 0 Å². The molecule has 1 heterocycles. The van der Waals surface area contributed by atoms with Crippen molar-refractivity contribution in [3.05, 3.63) is 34.2 Å². The fraction of sp³-hybridized carbons (Fsp3) is 0.250. The van der Waals surface area contributed by atoms with E-state index in [1.807, 2.05) is 6.07 Å². The molecule has 0 unspecified atom stereocenters. The Labute approximate surface area is 106 Å². The van der Waals surface area contributed by atoms with Crippen LogP contribution < -0.4 is 11.3 Å². The summed E-state index contributed by atoms with van der Waals surface area (Å²) in [6.07, 6.45) is 2.31.